The number of aromatic nitrogens is 1. The highest BCUT2D eigenvalue weighted by Crippen LogP contribution is 2.23. The first kappa shape index (κ1) is 15.6. The van der Waals surface area contributed by atoms with E-state index in [1.165, 1.54) is 6.07 Å². The van der Waals surface area contributed by atoms with Crippen LogP contribution in [0.3, 0.4) is 0 Å². The predicted octanol–water partition coefficient (Wildman–Crippen LogP) is 3.34. The molecule has 1 saturated heterocycles. The molecule has 0 bridgehead atoms. The maximum absolute atomic E-state index is 13.9. The van der Waals surface area contributed by atoms with E-state index in [4.69, 9.17) is 10.2 Å². The summed E-state index contributed by atoms with van der Waals surface area (Å²) in [5, 5.41) is 12.2. The van der Waals surface area contributed by atoms with Crippen molar-refractivity contribution >= 4 is 0 Å². The van der Waals surface area contributed by atoms with E-state index in [1.54, 1.807) is 12.1 Å². The van der Waals surface area contributed by atoms with Crippen LogP contribution < -0.4 is 5.32 Å². The minimum absolute atomic E-state index is 0.307. The number of nitriles is 1. The number of aryl methyl sites for hydroxylation is 2. The van der Waals surface area contributed by atoms with Crippen molar-refractivity contribution in [2.75, 3.05) is 13.1 Å². The number of nitrogens with one attached hydrogen (secondary N) is 1. The lowest BCUT2D eigenvalue weighted by molar-refractivity contribution is 0.452. The molecule has 118 valence electrons. The highest BCUT2D eigenvalue weighted by Gasteiger charge is 2.16. The van der Waals surface area contributed by atoms with Crippen molar-refractivity contribution in [1.29, 1.82) is 5.26 Å². The minimum Gasteiger partial charge on any atom is -0.317 e. The number of halogens is 1. The van der Waals surface area contributed by atoms with Gasteiger partial charge in [0.05, 0.1) is 11.6 Å². The van der Waals surface area contributed by atoms with E-state index >= 15 is 0 Å². The molecule has 1 aromatic heterocycles. The SMILES string of the molecule is N#Cc1ccc(CCc2cccc(C3CCNCC3)n2)c(F)c1. The van der Waals surface area contributed by atoms with Crippen molar-refractivity contribution in [3.63, 3.8) is 0 Å². The molecule has 0 unspecified atom stereocenters. The molecule has 0 spiro atoms. The van der Waals surface area contributed by atoms with Crippen molar-refractivity contribution in [3.05, 3.63) is 64.7 Å². The summed E-state index contributed by atoms with van der Waals surface area (Å²) in [6.45, 7) is 2.10. The lowest BCUT2D eigenvalue weighted by atomic mass is 9.94. The standard InChI is InChI=1S/C19H20FN3/c20-18-12-14(13-21)4-5-15(18)6-7-17-2-1-3-19(23-17)16-8-10-22-11-9-16/h1-5,12,16,22H,6-11H2. The Kier molecular flexibility index (Phi) is 4.99. The van der Waals surface area contributed by atoms with Gasteiger partial charge < -0.3 is 5.32 Å². The van der Waals surface area contributed by atoms with Crippen LogP contribution in [0, 0.1) is 17.1 Å². The number of nitrogens with zero attached hydrogens (tertiary/aromatic N) is 2. The van der Waals surface area contributed by atoms with Gasteiger partial charge >= 0.3 is 0 Å². The summed E-state index contributed by atoms with van der Waals surface area (Å²) in [7, 11) is 0. The van der Waals surface area contributed by atoms with Crippen LogP contribution in [0.5, 0.6) is 0 Å². The summed E-state index contributed by atoms with van der Waals surface area (Å²) >= 11 is 0. The molecule has 1 aromatic carbocycles. The molecule has 0 amide bonds. The first-order valence-corrected chi connectivity index (χ1v) is 8.11. The predicted molar refractivity (Wildman–Crippen MR) is 87.6 cm³/mol. The number of piperidine rings is 1. The van der Waals surface area contributed by atoms with Gasteiger partial charge in [0, 0.05) is 17.3 Å². The molecule has 23 heavy (non-hydrogen) atoms. The molecule has 1 N–H and O–H groups in total. The van der Waals surface area contributed by atoms with Gasteiger partial charge in [-0.3, -0.25) is 4.98 Å². The summed E-state index contributed by atoms with van der Waals surface area (Å²) in [5.74, 6) is 0.224. The molecular weight excluding hydrogens is 289 g/mol. The zero-order chi connectivity index (χ0) is 16.1. The molecule has 3 rings (SSSR count). The third-order valence-electron chi connectivity index (χ3n) is 4.42. The quantitative estimate of drug-likeness (QED) is 0.942. The molecule has 4 heteroatoms. The molecule has 2 aromatic rings. The summed E-state index contributed by atoms with van der Waals surface area (Å²) in [6.07, 6.45) is 3.56. The zero-order valence-corrected chi connectivity index (χ0v) is 13.1. The maximum atomic E-state index is 13.9. The molecule has 3 nitrogen and oxygen atoms in total. The smallest absolute Gasteiger partial charge is 0.127 e. The van der Waals surface area contributed by atoms with Crippen molar-refractivity contribution < 1.29 is 4.39 Å². The largest absolute Gasteiger partial charge is 0.317 e. The van der Waals surface area contributed by atoms with Crippen molar-refractivity contribution in [3.8, 4) is 6.07 Å². The summed E-state index contributed by atoms with van der Waals surface area (Å²) < 4.78 is 13.9. The average Bonchev–Trinajstić information content (AvgIpc) is 2.61. The number of hydrogen-bond donors (Lipinski definition) is 1. The molecule has 0 saturated carbocycles. The van der Waals surface area contributed by atoms with Crippen molar-refractivity contribution in [2.45, 2.75) is 31.6 Å². The Bertz CT molecular complexity index is 715. The lowest BCUT2D eigenvalue weighted by Crippen LogP contribution is -2.27. The van der Waals surface area contributed by atoms with Crippen LogP contribution in [-0.4, -0.2) is 18.1 Å². The Labute approximate surface area is 136 Å². The van der Waals surface area contributed by atoms with Crippen LogP contribution in [0.15, 0.2) is 36.4 Å². The number of hydrogen-bond acceptors (Lipinski definition) is 3. The van der Waals surface area contributed by atoms with Crippen LogP contribution >= 0.6 is 0 Å². The van der Waals surface area contributed by atoms with Gasteiger partial charge in [0.2, 0.25) is 0 Å². The topological polar surface area (TPSA) is 48.7 Å². The first-order chi connectivity index (χ1) is 11.3. The van der Waals surface area contributed by atoms with Crippen LogP contribution in [0.1, 0.15) is 41.3 Å². The van der Waals surface area contributed by atoms with Gasteiger partial charge in [0.15, 0.2) is 0 Å². The third kappa shape index (κ3) is 3.94. The van der Waals surface area contributed by atoms with Gasteiger partial charge in [-0.05, 0) is 68.6 Å². The highest BCUT2D eigenvalue weighted by atomic mass is 19.1. The van der Waals surface area contributed by atoms with E-state index < -0.39 is 0 Å². The summed E-state index contributed by atoms with van der Waals surface area (Å²) in [5.41, 5.74) is 3.16. The van der Waals surface area contributed by atoms with Gasteiger partial charge in [-0.2, -0.15) is 5.26 Å². The van der Waals surface area contributed by atoms with Gasteiger partial charge in [-0.1, -0.05) is 12.1 Å². The number of benzene rings is 1. The van der Waals surface area contributed by atoms with Gasteiger partial charge in [0.25, 0.3) is 0 Å². The molecule has 1 aliphatic rings. The molecule has 0 radical (unpaired) electrons. The molecular formula is C19H20FN3. The van der Waals surface area contributed by atoms with Crippen molar-refractivity contribution in [2.24, 2.45) is 0 Å². The van der Waals surface area contributed by atoms with E-state index in [0.717, 1.165) is 37.3 Å². The van der Waals surface area contributed by atoms with Crippen LogP contribution in [0.4, 0.5) is 4.39 Å². The second kappa shape index (κ2) is 7.34. The molecule has 1 fully saturated rings. The zero-order valence-electron chi connectivity index (χ0n) is 13.1. The number of rotatable bonds is 4. The maximum Gasteiger partial charge on any atom is 0.127 e. The average molecular weight is 309 g/mol. The van der Waals surface area contributed by atoms with Gasteiger partial charge in [0.1, 0.15) is 5.82 Å². The van der Waals surface area contributed by atoms with E-state index in [9.17, 15) is 4.39 Å². The third-order valence-corrected chi connectivity index (χ3v) is 4.42. The Morgan fingerprint density at radius 3 is 2.74 bits per heavy atom. The monoisotopic (exact) mass is 309 g/mol. The van der Waals surface area contributed by atoms with Gasteiger partial charge in [-0.25, -0.2) is 4.39 Å². The van der Waals surface area contributed by atoms with Crippen LogP contribution in [0.25, 0.3) is 0 Å². The van der Waals surface area contributed by atoms with E-state index in [-0.39, 0.29) is 5.82 Å². The number of pyridine rings is 1. The summed E-state index contributed by atoms with van der Waals surface area (Å²) in [6, 6.07) is 12.8. The van der Waals surface area contributed by atoms with Gasteiger partial charge in [-0.15, -0.1) is 0 Å². The normalized spacial score (nSPS) is 15.3. The van der Waals surface area contributed by atoms with Crippen LogP contribution in [-0.2, 0) is 12.8 Å². The minimum atomic E-state index is -0.307. The van der Waals surface area contributed by atoms with Crippen molar-refractivity contribution in [1.82, 2.24) is 10.3 Å². The van der Waals surface area contributed by atoms with E-state index in [1.807, 2.05) is 12.1 Å². The molecule has 0 atom stereocenters. The van der Waals surface area contributed by atoms with E-state index in [0.29, 0.717) is 29.9 Å². The molecule has 1 aliphatic heterocycles. The molecule has 0 aliphatic carbocycles. The molecule has 2 heterocycles. The van der Waals surface area contributed by atoms with Crippen LogP contribution in [0.2, 0.25) is 0 Å². The second-order valence-corrected chi connectivity index (χ2v) is 6.00. The fourth-order valence-electron chi connectivity index (χ4n) is 3.06. The first-order valence-electron chi connectivity index (χ1n) is 8.11. The Morgan fingerprint density at radius 1 is 1.17 bits per heavy atom. The lowest BCUT2D eigenvalue weighted by Gasteiger charge is -2.22. The Balaban J connectivity index is 1.67. The van der Waals surface area contributed by atoms with E-state index in [2.05, 4.69) is 17.4 Å². The Morgan fingerprint density at radius 2 is 2.00 bits per heavy atom. The summed E-state index contributed by atoms with van der Waals surface area (Å²) in [4.78, 5) is 4.77. The highest BCUT2D eigenvalue weighted by molar-refractivity contribution is 5.33. The fraction of sp³-hybridized carbons (Fsp3) is 0.368. The fourth-order valence-corrected chi connectivity index (χ4v) is 3.06. The second-order valence-electron chi connectivity index (χ2n) is 6.00. The Hall–Kier alpha value is -2.25.